The number of rotatable bonds is 2. The summed E-state index contributed by atoms with van der Waals surface area (Å²) in [5.41, 5.74) is 5.12. The molecular weight excluding hydrogens is 364 g/mol. The maximum Gasteiger partial charge on any atom is 0.160 e. The van der Waals surface area contributed by atoms with Crippen molar-refractivity contribution in [3.05, 3.63) is 72.6 Å². The molecule has 0 amide bonds. The van der Waals surface area contributed by atoms with E-state index in [0.29, 0.717) is 11.4 Å². The highest BCUT2D eigenvalue weighted by Gasteiger charge is 2.12. The summed E-state index contributed by atoms with van der Waals surface area (Å²) in [5, 5.41) is 9.63. The number of pyridine rings is 3. The van der Waals surface area contributed by atoms with Gasteiger partial charge in [0.15, 0.2) is 5.65 Å². The Morgan fingerprint density at radius 3 is 2.62 bits per heavy atom. The smallest absolute Gasteiger partial charge is 0.160 e. The minimum absolute atomic E-state index is 0.679. The summed E-state index contributed by atoms with van der Waals surface area (Å²) in [6, 6.07) is 7.72. The Balaban J connectivity index is 1.63. The van der Waals surface area contributed by atoms with E-state index >= 15 is 0 Å². The van der Waals surface area contributed by atoms with Crippen molar-refractivity contribution in [2.24, 2.45) is 7.05 Å². The van der Waals surface area contributed by atoms with E-state index in [1.54, 1.807) is 34.9 Å². The summed E-state index contributed by atoms with van der Waals surface area (Å²) in [4.78, 5) is 8.56. The minimum Gasteiger partial charge on any atom is -0.494 e. The molecule has 5 heterocycles. The van der Waals surface area contributed by atoms with Gasteiger partial charge in [-0.25, -0.2) is 14.5 Å². The molecule has 0 atom stereocenters. The molecule has 0 bridgehead atoms. The maximum absolute atomic E-state index is 5.64. The van der Waals surface area contributed by atoms with Gasteiger partial charge < -0.3 is 4.74 Å². The second-order valence-electron chi connectivity index (χ2n) is 6.53. The molecule has 5 aromatic rings. The van der Waals surface area contributed by atoms with Crippen LogP contribution in [0.15, 0.2) is 61.4 Å². The molecule has 0 spiro atoms. The lowest BCUT2D eigenvalue weighted by Gasteiger charge is -2.06. The second kappa shape index (κ2) is 6.77. The van der Waals surface area contributed by atoms with E-state index in [1.807, 2.05) is 49.9 Å². The summed E-state index contributed by atoms with van der Waals surface area (Å²) in [5.74, 6) is 7.16. The molecule has 0 fully saturated rings. The Morgan fingerprint density at radius 1 is 0.931 bits per heavy atom. The van der Waals surface area contributed by atoms with E-state index in [1.165, 1.54) is 0 Å². The molecule has 0 aliphatic heterocycles. The zero-order valence-corrected chi connectivity index (χ0v) is 15.9. The Hall–Kier alpha value is -4.18. The van der Waals surface area contributed by atoms with Gasteiger partial charge in [0, 0.05) is 53.9 Å². The molecule has 0 saturated carbocycles. The van der Waals surface area contributed by atoms with Gasteiger partial charge in [-0.3, -0.25) is 4.68 Å². The van der Waals surface area contributed by atoms with Gasteiger partial charge in [-0.05, 0) is 24.3 Å². The maximum atomic E-state index is 5.64. The molecule has 7 nitrogen and oxygen atoms in total. The zero-order valence-electron chi connectivity index (χ0n) is 15.9. The van der Waals surface area contributed by atoms with Gasteiger partial charge in [-0.2, -0.15) is 10.2 Å². The first-order valence-electron chi connectivity index (χ1n) is 8.99. The molecule has 0 aliphatic carbocycles. The zero-order chi connectivity index (χ0) is 19.8. The van der Waals surface area contributed by atoms with Crippen LogP contribution in [0, 0.1) is 11.8 Å². The Morgan fingerprint density at radius 2 is 1.79 bits per heavy atom. The molecule has 7 heteroatoms. The van der Waals surface area contributed by atoms with Crippen LogP contribution < -0.4 is 4.74 Å². The predicted octanol–water partition coefficient (Wildman–Crippen LogP) is 3.09. The van der Waals surface area contributed by atoms with E-state index in [4.69, 9.17) is 4.74 Å². The number of nitrogens with zero attached hydrogens (tertiary/aromatic N) is 6. The Labute approximate surface area is 166 Å². The Kier molecular flexibility index (Phi) is 3.96. The fraction of sp³-hybridized carbons (Fsp3) is 0.0909. The van der Waals surface area contributed by atoms with Gasteiger partial charge in [0.2, 0.25) is 0 Å². The lowest BCUT2D eigenvalue weighted by Crippen LogP contribution is -1.94. The highest BCUT2D eigenvalue weighted by atomic mass is 16.5. The van der Waals surface area contributed by atoms with Crippen molar-refractivity contribution in [1.29, 1.82) is 0 Å². The van der Waals surface area contributed by atoms with E-state index in [9.17, 15) is 0 Å². The van der Waals surface area contributed by atoms with Crippen LogP contribution in [0.3, 0.4) is 0 Å². The van der Waals surface area contributed by atoms with Crippen molar-refractivity contribution >= 4 is 16.6 Å². The van der Waals surface area contributed by atoms with Crippen LogP contribution in [0.1, 0.15) is 11.1 Å². The predicted molar refractivity (Wildman–Crippen MR) is 109 cm³/mol. The standard InChI is InChI=1S/C22H16N6O/c1-27-13-18(12-25-27)17-10-20(29-2)21-16(11-26-28(21)14-17)6-5-15-7-9-24-22-19(15)4-3-8-23-22/h3-4,7-14H,1-2H3. The molecule has 0 radical (unpaired) electrons. The molecule has 0 saturated heterocycles. The average molecular weight is 380 g/mol. The van der Waals surface area contributed by atoms with Crippen molar-refractivity contribution in [2.45, 2.75) is 0 Å². The lowest BCUT2D eigenvalue weighted by atomic mass is 10.1. The number of aromatic nitrogens is 6. The molecule has 5 rings (SSSR count). The largest absolute Gasteiger partial charge is 0.494 e. The van der Waals surface area contributed by atoms with Gasteiger partial charge in [-0.1, -0.05) is 11.8 Å². The normalized spacial score (nSPS) is 10.8. The fourth-order valence-electron chi connectivity index (χ4n) is 3.29. The molecule has 140 valence electrons. The lowest BCUT2D eigenvalue weighted by molar-refractivity contribution is 0.417. The van der Waals surface area contributed by atoms with Crippen LogP contribution in [0.2, 0.25) is 0 Å². The van der Waals surface area contributed by atoms with Crippen LogP contribution in [-0.2, 0) is 7.05 Å². The monoisotopic (exact) mass is 380 g/mol. The van der Waals surface area contributed by atoms with E-state index in [0.717, 1.165) is 33.2 Å². The fourth-order valence-corrected chi connectivity index (χ4v) is 3.29. The Bertz CT molecular complexity index is 1410. The first kappa shape index (κ1) is 17.0. The van der Waals surface area contributed by atoms with Crippen molar-refractivity contribution in [3.8, 4) is 28.7 Å². The molecule has 0 aromatic carbocycles. The number of methoxy groups -OCH3 is 1. The molecule has 0 unspecified atom stereocenters. The number of aryl methyl sites for hydroxylation is 1. The first-order valence-corrected chi connectivity index (χ1v) is 8.99. The third-order valence-corrected chi connectivity index (χ3v) is 4.68. The highest BCUT2D eigenvalue weighted by Crippen LogP contribution is 2.29. The van der Waals surface area contributed by atoms with E-state index < -0.39 is 0 Å². The van der Waals surface area contributed by atoms with E-state index in [-0.39, 0.29) is 0 Å². The third kappa shape index (κ3) is 2.97. The van der Waals surface area contributed by atoms with Crippen molar-refractivity contribution in [1.82, 2.24) is 29.4 Å². The van der Waals surface area contributed by atoms with Crippen LogP contribution in [-0.4, -0.2) is 36.5 Å². The van der Waals surface area contributed by atoms with Crippen LogP contribution in [0.25, 0.3) is 27.7 Å². The van der Waals surface area contributed by atoms with Crippen molar-refractivity contribution in [3.63, 3.8) is 0 Å². The second-order valence-corrected chi connectivity index (χ2v) is 6.53. The average Bonchev–Trinajstić information content (AvgIpc) is 3.37. The van der Waals surface area contributed by atoms with Crippen LogP contribution in [0.4, 0.5) is 0 Å². The van der Waals surface area contributed by atoms with Gasteiger partial charge in [0.25, 0.3) is 0 Å². The summed E-state index contributed by atoms with van der Waals surface area (Å²) in [6.45, 7) is 0. The van der Waals surface area contributed by atoms with Gasteiger partial charge >= 0.3 is 0 Å². The molecule has 0 aliphatic rings. The van der Waals surface area contributed by atoms with E-state index in [2.05, 4.69) is 32.0 Å². The molecule has 5 aromatic heterocycles. The summed E-state index contributed by atoms with van der Waals surface area (Å²) >= 11 is 0. The molecule has 0 N–H and O–H groups in total. The molecule has 29 heavy (non-hydrogen) atoms. The topological polar surface area (TPSA) is 70.1 Å². The van der Waals surface area contributed by atoms with Crippen molar-refractivity contribution < 1.29 is 4.74 Å². The summed E-state index contributed by atoms with van der Waals surface area (Å²) in [6.07, 6.45) is 10.9. The first-order chi connectivity index (χ1) is 14.2. The quantitative estimate of drug-likeness (QED) is 0.440. The van der Waals surface area contributed by atoms with Gasteiger partial charge in [0.05, 0.1) is 25.1 Å². The number of hydrogen-bond acceptors (Lipinski definition) is 5. The summed E-state index contributed by atoms with van der Waals surface area (Å²) in [7, 11) is 3.54. The highest BCUT2D eigenvalue weighted by molar-refractivity contribution is 5.82. The van der Waals surface area contributed by atoms with Crippen molar-refractivity contribution in [2.75, 3.05) is 7.11 Å². The van der Waals surface area contributed by atoms with Gasteiger partial charge in [-0.15, -0.1) is 0 Å². The van der Waals surface area contributed by atoms with Crippen LogP contribution in [0.5, 0.6) is 5.75 Å². The SMILES string of the molecule is COc1cc(-c2cnn(C)c2)cn2ncc(C#Cc3ccnc4ncccc34)c12. The summed E-state index contributed by atoms with van der Waals surface area (Å²) < 4.78 is 9.19. The number of hydrogen-bond donors (Lipinski definition) is 0. The number of fused-ring (bicyclic) bond motifs is 2. The minimum atomic E-state index is 0.679. The number of ether oxygens (including phenoxy) is 1. The molecular formula is C22H16N6O. The third-order valence-electron chi connectivity index (χ3n) is 4.68. The van der Waals surface area contributed by atoms with Crippen LogP contribution >= 0.6 is 0 Å². The van der Waals surface area contributed by atoms with Gasteiger partial charge in [0.1, 0.15) is 11.3 Å².